The molecule has 7 heteroatoms. The molecular formula is C20H29N5OS. The predicted octanol–water partition coefficient (Wildman–Crippen LogP) is 3.75. The van der Waals surface area contributed by atoms with Crippen LogP contribution in [-0.4, -0.2) is 23.4 Å². The molecule has 1 aromatic carbocycles. The van der Waals surface area contributed by atoms with Crippen LogP contribution in [0.1, 0.15) is 47.8 Å². The van der Waals surface area contributed by atoms with Gasteiger partial charge in [0.25, 0.3) is 0 Å². The molecular weight excluding hydrogens is 358 g/mol. The fraction of sp³-hybridized carbons (Fsp3) is 0.450. The van der Waals surface area contributed by atoms with Gasteiger partial charge in [-0.1, -0.05) is 19.1 Å². The maximum atomic E-state index is 11.8. The molecule has 0 atom stereocenters. The lowest BCUT2D eigenvalue weighted by molar-refractivity contribution is -0.116. The Balaban J connectivity index is 1.99. The normalized spacial score (nSPS) is 11.3. The molecule has 0 aliphatic carbocycles. The van der Waals surface area contributed by atoms with Gasteiger partial charge in [-0.25, -0.2) is 9.98 Å². The molecule has 0 unspecified atom stereocenters. The highest BCUT2D eigenvalue weighted by atomic mass is 32.1. The summed E-state index contributed by atoms with van der Waals surface area (Å²) < 4.78 is 0. The van der Waals surface area contributed by atoms with Crippen LogP contribution in [-0.2, 0) is 17.9 Å². The van der Waals surface area contributed by atoms with Gasteiger partial charge in [0.2, 0.25) is 5.91 Å². The maximum absolute atomic E-state index is 11.8. The van der Waals surface area contributed by atoms with E-state index in [-0.39, 0.29) is 5.91 Å². The van der Waals surface area contributed by atoms with Gasteiger partial charge < -0.3 is 16.0 Å². The minimum atomic E-state index is 0.0448. The summed E-state index contributed by atoms with van der Waals surface area (Å²) in [5, 5.41) is 10.6. The average molecular weight is 388 g/mol. The summed E-state index contributed by atoms with van der Waals surface area (Å²) in [7, 11) is 0. The molecule has 1 amide bonds. The number of aromatic nitrogens is 1. The third-order valence-electron chi connectivity index (χ3n) is 3.87. The molecule has 0 saturated heterocycles. The summed E-state index contributed by atoms with van der Waals surface area (Å²) in [5.41, 5.74) is 2.93. The maximum Gasteiger partial charge on any atom is 0.224 e. The molecule has 0 aliphatic rings. The number of thiazole rings is 1. The molecule has 0 spiro atoms. The zero-order valence-electron chi connectivity index (χ0n) is 16.6. The van der Waals surface area contributed by atoms with Crippen LogP contribution in [0.15, 0.2) is 29.3 Å². The Morgan fingerprint density at radius 3 is 2.70 bits per heavy atom. The Labute approximate surface area is 165 Å². The van der Waals surface area contributed by atoms with E-state index in [4.69, 9.17) is 0 Å². The number of nitrogens with one attached hydrogen (secondary N) is 3. The molecule has 0 fully saturated rings. The summed E-state index contributed by atoms with van der Waals surface area (Å²) in [6.07, 6.45) is 1.37. The number of hydrogen-bond acceptors (Lipinski definition) is 4. The monoisotopic (exact) mass is 387 g/mol. The lowest BCUT2D eigenvalue weighted by Gasteiger charge is -2.11. The Hall–Kier alpha value is -2.41. The predicted molar refractivity (Wildman–Crippen MR) is 113 cm³/mol. The minimum absolute atomic E-state index is 0.0448. The Morgan fingerprint density at radius 1 is 1.22 bits per heavy atom. The summed E-state index contributed by atoms with van der Waals surface area (Å²) in [6, 6.07) is 7.83. The van der Waals surface area contributed by atoms with Crippen LogP contribution in [0.4, 0.5) is 5.69 Å². The Morgan fingerprint density at radius 2 is 2.04 bits per heavy atom. The minimum Gasteiger partial charge on any atom is -0.357 e. The summed E-state index contributed by atoms with van der Waals surface area (Å²) in [5.74, 6) is 0.812. The van der Waals surface area contributed by atoms with Crippen molar-refractivity contribution in [3.63, 3.8) is 0 Å². The number of nitrogens with zero attached hydrogens (tertiary/aromatic N) is 2. The van der Waals surface area contributed by atoms with Crippen LogP contribution >= 0.6 is 11.3 Å². The molecule has 1 heterocycles. The molecule has 3 N–H and O–H groups in total. The highest BCUT2D eigenvalue weighted by Crippen LogP contribution is 2.16. The first kappa shape index (κ1) is 20.9. The van der Waals surface area contributed by atoms with Crippen molar-refractivity contribution in [2.45, 2.75) is 53.6 Å². The lowest BCUT2D eigenvalue weighted by Crippen LogP contribution is -2.36. The third-order valence-corrected chi connectivity index (χ3v) is 4.94. The number of aliphatic imine (C=N–C) groups is 1. The first-order chi connectivity index (χ1) is 13.0. The topological polar surface area (TPSA) is 78.4 Å². The number of aryl methyl sites for hydroxylation is 2. The van der Waals surface area contributed by atoms with Crippen molar-refractivity contribution in [1.82, 2.24) is 15.6 Å². The third kappa shape index (κ3) is 7.02. The van der Waals surface area contributed by atoms with Gasteiger partial charge in [-0.05, 0) is 44.9 Å². The van der Waals surface area contributed by atoms with E-state index in [1.807, 2.05) is 52.0 Å². The standard InChI is InChI=1S/C20H29N5OS/c1-5-8-19(26)25-17-10-7-9-16(11-17)12-22-20(21-6-2)23-13-18-14(3)24-15(4)27-18/h7,9-11H,5-6,8,12-13H2,1-4H3,(H,25,26)(H2,21,22,23). The van der Waals surface area contributed by atoms with E-state index in [2.05, 4.69) is 25.9 Å². The van der Waals surface area contributed by atoms with Crippen LogP contribution in [0.25, 0.3) is 0 Å². The van der Waals surface area contributed by atoms with E-state index < -0.39 is 0 Å². The van der Waals surface area contributed by atoms with Crippen molar-refractivity contribution >= 4 is 28.9 Å². The Kier molecular flexibility index (Phi) is 8.26. The van der Waals surface area contributed by atoms with E-state index in [0.717, 1.165) is 40.9 Å². The fourth-order valence-electron chi connectivity index (χ4n) is 2.61. The zero-order chi connectivity index (χ0) is 19.6. The van der Waals surface area contributed by atoms with Gasteiger partial charge in [-0.15, -0.1) is 11.3 Å². The smallest absolute Gasteiger partial charge is 0.224 e. The fourth-order valence-corrected chi connectivity index (χ4v) is 3.49. The second kappa shape index (κ2) is 10.7. The Bertz CT molecular complexity index is 784. The van der Waals surface area contributed by atoms with Crippen molar-refractivity contribution in [2.24, 2.45) is 4.99 Å². The van der Waals surface area contributed by atoms with E-state index in [1.54, 1.807) is 11.3 Å². The van der Waals surface area contributed by atoms with Gasteiger partial charge in [0.1, 0.15) is 0 Å². The SMILES string of the molecule is CCCC(=O)Nc1cccc(CN=C(NCC)NCc2sc(C)nc2C)c1. The second-order valence-electron chi connectivity index (χ2n) is 6.29. The largest absolute Gasteiger partial charge is 0.357 e. The molecule has 2 rings (SSSR count). The first-order valence-electron chi connectivity index (χ1n) is 9.35. The first-order valence-corrected chi connectivity index (χ1v) is 10.2. The van der Waals surface area contributed by atoms with E-state index in [0.29, 0.717) is 19.5 Å². The molecule has 6 nitrogen and oxygen atoms in total. The van der Waals surface area contributed by atoms with Gasteiger partial charge >= 0.3 is 0 Å². The quantitative estimate of drug-likeness (QED) is 0.476. The van der Waals surface area contributed by atoms with E-state index in [1.165, 1.54) is 4.88 Å². The van der Waals surface area contributed by atoms with Crippen LogP contribution in [0, 0.1) is 13.8 Å². The van der Waals surface area contributed by atoms with E-state index >= 15 is 0 Å². The van der Waals surface area contributed by atoms with Gasteiger partial charge in [-0.3, -0.25) is 4.79 Å². The highest BCUT2D eigenvalue weighted by Gasteiger charge is 2.06. The molecule has 0 bridgehead atoms. The van der Waals surface area contributed by atoms with Crippen LogP contribution in [0.2, 0.25) is 0 Å². The molecule has 146 valence electrons. The van der Waals surface area contributed by atoms with Crippen LogP contribution in [0.5, 0.6) is 0 Å². The lowest BCUT2D eigenvalue weighted by atomic mass is 10.2. The van der Waals surface area contributed by atoms with Crippen LogP contribution in [0.3, 0.4) is 0 Å². The molecule has 1 aromatic heterocycles. The molecule has 0 saturated carbocycles. The van der Waals surface area contributed by atoms with Gasteiger partial charge in [-0.2, -0.15) is 0 Å². The van der Waals surface area contributed by atoms with Gasteiger partial charge in [0, 0.05) is 23.5 Å². The molecule has 0 radical (unpaired) electrons. The molecule has 27 heavy (non-hydrogen) atoms. The summed E-state index contributed by atoms with van der Waals surface area (Å²) in [6.45, 7) is 10.1. The van der Waals surface area contributed by atoms with Crippen LogP contribution < -0.4 is 16.0 Å². The van der Waals surface area contributed by atoms with E-state index in [9.17, 15) is 4.79 Å². The number of amides is 1. The van der Waals surface area contributed by atoms with Gasteiger partial charge in [0.05, 0.1) is 23.8 Å². The number of guanidine groups is 1. The van der Waals surface area contributed by atoms with Crippen molar-refractivity contribution < 1.29 is 4.79 Å². The second-order valence-corrected chi connectivity index (χ2v) is 7.58. The number of carbonyl (C=O) groups excluding carboxylic acids is 1. The number of rotatable bonds is 8. The van der Waals surface area contributed by atoms with Crippen molar-refractivity contribution in [3.05, 3.63) is 45.4 Å². The van der Waals surface area contributed by atoms with Crippen molar-refractivity contribution in [1.29, 1.82) is 0 Å². The number of benzene rings is 1. The molecule has 2 aromatic rings. The molecule has 0 aliphatic heterocycles. The average Bonchev–Trinajstić information content (AvgIpc) is 2.95. The number of anilines is 1. The van der Waals surface area contributed by atoms with Crippen molar-refractivity contribution in [2.75, 3.05) is 11.9 Å². The summed E-state index contributed by atoms with van der Waals surface area (Å²) >= 11 is 1.70. The van der Waals surface area contributed by atoms with Crippen molar-refractivity contribution in [3.8, 4) is 0 Å². The van der Waals surface area contributed by atoms with Gasteiger partial charge in [0.15, 0.2) is 5.96 Å². The summed E-state index contributed by atoms with van der Waals surface area (Å²) in [4.78, 5) is 22.1. The zero-order valence-corrected chi connectivity index (χ0v) is 17.4. The highest BCUT2D eigenvalue weighted by molar-refractivity contribution is 7.11. The number of carbonyl (C=O) groups is 1. The number of hydrogen-bond donors (Lipinski definition) is 3.